The molecule has 0 aliphatic rings. The number of ether oxygens (including phenoxy) is 1. The van der Waals surface area contributed by atoms with Gasteiger partial charge < -0.3 is 14.9 Å². The number of nitro groups is 1. The van der Waals surface area contributed by atoms with Gasteiger partial charge in [0.1, 0.15) is 5.75 Å². The second-order valence-corrected chi connectivity index (χ2v) is 4.30. The average Bonchev–Trinajstić information content (AvgIpc) is 2.76. The minimum atomic E-state index is -0.548. The molecule has 0 N–H and O–H groups in total. The lowest BCUT2D eigenvalue weighted by Crippen LogP contribution is -1.96. The molecule has 0 saturated heterocycles. The number of imidazole rings is 1. The van der Waals surface area contributed by atoms with Gasteiger partial charge in [-0.1, -0.05) is 17.7 Å². The molecule has 3 aromatic rings. The van der Waals surface area contributed by atoms with E-state index >= 15 is 0 Å². The van der Waals surface area contributed by atoms with Gasteiger partial charge in [0.05, 0.1) is 17.4 Å². The van der Waals surface area contributed by atoms with E-state index in [0.29, 0.717) is 10.7 Å². The Morgan fingerprint density at radius 3 is 2.95 bits per heavy atom. The first-order valence-corrected chi connectivity index (χ1v) is 5.93. The third-order valence-corrected chi connectivity index (χ3v) is 2.75. The molecule has 0 aliphatic heterocycles. The standard InChI is InChI=1S/C12H7ClN4O3/c13-8-5-9(7-14-6-8)20-11-12(17(18)19)16-4-2-1-3-10(16)15-11/h1-7H. The number of hydrogen-bond acceptors (Lipinski definition) is 5. The van der Waals surface area contributed by atoms with Gasteiger partial charge in [0.15, 0.2) is 0 Å². The zero-order valence-corrected chi connectivity index (χ0v) is 10.7. The van der Waals surface area contributed by atoms with E-state index in [1.807, 2.05) is 0 Å². The highest BCUT2D eigenvalue weighted by molar-refractivity contribution is 6.30. The van der Waals surface area contributed by atoms with Crippen molar-refractivity contribution in [2.45, 2.75) is 0 Å². The van der Waals surface area contributed by atoms with Crippen LogP contribution in [-0.4, -0.2) is 19.3 Å². The summed E-state index contributed by atoms with van der Waals surface area (Å²) >= 11 is 5.79. The summed E-state index contributed by atoms with van der Waals surface area (Å²) in [5.74, 6) is -0.0742. The molecular formula is C12H7ClN4O3. The molecule has 0 radical (unpaired) electrons. The number of hydrogen-bond donors (Lipinski definition) is 0. The third kappa shape index (κ3) is 2.14. The minimum absolute atomic E-state index is 0.106. The summed E-state index contributed by atoms with van der Waals surface area (Å²) in [6.45, 7) is 0. The van der Waals surface area contributed by atoms with Crippen molar-refractivity contribution in [3.05, 3.63) is 58.0 Å². The summed E-state index contributed by atoms with van der Waals surface area (Å²) in [4.78, 5) is 18.6. The van der Waals surface area contributed by atoms with Gasteiger partial charge in [-0.05, 0) is 11.0 Å². The van der Waals surface area contributed by atoms with E-state index in [0.717, 1.165) is 0 Å². The van der Waals surface area contributed by atoms with Crippen molar-refractivity contribution < 1.29 is 9.66 Å². The van der Waals surface area contributed by atoms with Crippen LogP contribution in [0.1, 0.15) is 0 Å². The molecule has 3 heterocycles. The predicted octanol–water partition coefficient (Wildman–Crippen LogP) is 3.08. The molecule has 0 saturated carbocycles. The summed E-state index contributed by atoms with van der Waals surface area (Å²) < 4.78 is 6.76. The number of nitrogens with zero attached hydrogens (tertiary/aromatic N) is 4. The highest BCUT2D eigenvalue weighted by Gasteiger charge is 2.24. The van der Waals surface area contributed by atoms with Gasteiger partial charge in [0.2, 0.25) is 5.65 Å². The Morgan fingerprint density at radius 2 is 2.20 bits per heavy atom. The van der Waals surface area contributed by atoms with Gasteiger partial charge in [0.25, 0.3) is 0 Å². The molecule has 0 unspecified atom stereocenters. The fourth-order valence-corrected chi connectivity index (χ4v) is 1.92. The van der Waals surface area contributed by atoms with Crippen molar-refractivity contribution in [1.29, 1.82) is 0 Å². The molecule has 8 heteroatoms. The summed E-state index contributed by atoms with van der Waals surface area (Å²) in [5, 5.41) is 11.5. The van der Waals surface area contributed by atoms with E-state index < -0.39 is 4.92 Å². The largest absolute Gasteiger partial charge is 0.431 e. The van der Waals surface area contributed by atoms with Gasteiger partial charge >= 0.3 is 11.7 Å². The van der Waals surface area contributed by atoms with Crippen LogP contribution >= 0.6 is 11.6 Å². The van der Waals surface area contributed by atoms with Crippen LogP contribution in [0.3, 0.4) is 0 Å². The highest BCUT2D eigenvalue weighted by atomic mass is 35.5. The number of halogens is 1. The molecule has 0 spiro atoms. The fourth-order valence-electron chi connectivity index (χ4n) is 1.76. The second-order valence-electron chi connectivity index (χ2n) is 3.87. The first kappa shape index (κ1) is 12.4. The van der Waals surface area contributed by atoms with Crippen molar-refractivity contribution in [3.8, 4) is 11.6 Å². The molecular weight excluding hydrogens is 284 g/mol. The molecule has 100 valence electrons. The molecule has 0 bridgehead atoms. The Bertz CT molecular complexity index is 802. The molecule has 0 amide bonds. The van der Waals surface area contributed by atoms with Gasteiger partial charge in [-0.25, -0.2) is 0 Å². The van der Waals surface area contributed by atoms with E-state index in [2.05, 4.69) is 9.97 Å². The summed E-state index contributed by atoms with van der Waals surface area (Å²) in [7, 11) is 0. The number of rotatable bonds is 3. The minimum Gasteiger partial charge on any atom is -0.431 e. The summed E-state index contributed by atoms with van der Waals surface area (Å²) in [6.07, 6.45) is 4.38. The zero-order chi connectivity index (χ0) is 14.1. The first-order chi connectivity index (χ1) is 9.65. The van der Waals surface area contributed by atoms with E-state index in [-0.39, 0.29) is 17.4 Å². The Balaban J connectivity index is 2.11. The van der Waals surface area contributed by atoms with Gasteiger partial charge in [-0.2, -0.15) is 9.38 Å². The lowest BCUT2D eigenvalue weighted by Gasteiger charge is -2.01. The second kappa shape index (κ2) is 4.78. The van der Waals surface area contributed by atoms with Crippen LogP contribution < -0.4 is 4.74 Å². The first-order valence-electron chi connectivity index (χ1n) is 5.55. The van der Waals surface area contributed by atoms with Crippen LogP contribution in [0.2, 0.25) is 5.02 Å². The highest BCUT2D eigenvalue weighted by Crippen LogP contribution is 2.31. The summed E-state index contributed by atoms with van der Waals surface area (Å²) in [6, 6.07) is 6.56. The van der Waals surface area contributed by atoms with Crippen LogP contribution in [-0.2, 0) is 0 Å². The van der Waals surface area contributed by atoms with Crippen LogP contribution in [0, 0.1) is 10.1 Å². The maximum absolute atomic E-state index is 11.2. The van der Waals surface area contributed by atoms with Crippen molar-refractivity contribution in [2.24, 2.45) is 0 Å². The normalized spacial score (nSPS) is 10.7. The van der Waals surface area contributed by atoms with Crippen LogP contribution in [0.15, 0.2) is 42.9 Å². The predicted molar refractivity (Wildman–Crippen MR) is 71.2 cm³/mol. The average molecular weight is 291 g/mol. The zero-order valence-electron chi connectivity index (χ0n) is 9.93. The molecule has 3 rings (SSSR count). The molecule has 0 aliphatic carbocycles. The topological polar surface area (TPSA) is 82.6 Å². The van der Waals surface area contributed by atoms with Gasteiger partial charge in [0, 0.05) is 18.3 Å². The maximum Gasteiger partial charge on any atom is 0.392 e. The molecule has 20 heavy (non-hydrogen) atoms. The molecule has 0 atom stereocenters. The van der Waals surface area contributed by atoms with Crippen LogP contribution in [0.4, 0.5) is 5.82 Å². The third-order valence-electron chi connectivity index (χ3n) is 2.54. The van der Waals surface area contributed by atoms with E-state index in [1.165, 1.54) is 22.9 Å². The lowest BCUT2D eigenvalue weighted by molar-refractivity contribution is -0.391. The number of aromatic nitrogens is 3. The van der Waals surface area contributed by atoms with Crippen molar-refractivity contribution in [1.82, 2.24) is 14.4 Å². The Hall–Kier alpha value is -2.67. The summed E-state index contributed by atoms with van der Waals surface area (Å²) in [5.41, 5.74) is 0.421. The Labute approximate surface area is 117 Å². The number of fused-ring (bicyclic) bond motifs is 1. The smallest absolute Gasteiger partial charge is 0.392 e. The molecule has 0 aromatic carbocycles. The van der Waals surface area contributed by atoms with E-state index in [4.69, 9.17) is 16.3 Å². The Morgan fingerprint density at radius 1 is 1.35 bits per heavy atom. The molecule has 3 aromatic heterocycles. The van der Waals surface area contributed by atoms with E-state index in [1.54, 1.807) is 24.4 Å². The van der Waals surface area contributed by atoms with Gasteiger partial charge in [-0.3, -0.25) is 4.98 Å². The fraction of sp³-hybridized carbons (Fsp3) is 0. The molecule has 7 nitrogen and oxygen atoms in total. The number of pyridine rings is 2. The van der Waals surface area contributed by atoms with Crippen molar-refractivity contribution in [3.63, 3.8) is 0 Å². The molecule has 0 fully saturated rings. The quantitative estimate of drug-likeness (QED) is 0.547. The van der Waals surface area contributed by atoms with Crippen LogP contribution in [0.25, 0.3) is 5.65 Å². The van der Waals surface area contributed by atoms with Crippen molar-refractivity contribution in [2.75, 3.05) is 0 Å². The van der Waals surface area contributed by atoms with Gasteiger partial charge in [-0.15, -0.1) is 0 Å². The van der Waals surface area contributed by atoms with Crippen LogP contribution in [0.5, 0.6) is 11.6 Å². The van der Waals surface area contributed by atoms with Crippen molar-refractivity contribution >= 4 is 23.1 Å². The van der Waals surface area contributed by atoms with E-state index in [9.17, 15) is 10.1 Å². The Kier molecular flexibility index (Phi) is 2.96. The SMILES string of the molecule is O=[N+]([O-])c1c(Oc2cncc(Cl)c2)nc2ccccn12. The monoisotopic (exact) mass is 290 g/mol. The maximum atomic E-state index is 11.2. The lowest BCUT2D eigenvalue weighted by atomic mass is 10.4.